The van der Waals surface area contributed by atoms with Crippen LogP contribution in [-0.2, 0) is 34.5 Å². The summed E-state index contributed by atoms with van der Waals surface area (Å²) < 4.78 is 0. The second kappa shape index (κ2) is 20.6. The van der Waals surface area contributed by atoms with E-state index < -0.39 is 5.09 Å². The van der Waals surface area contributed by atoms with Gasteiger partial charge in [0.15, 0.2) is 0 Å². The van der Waals surface area contributed by atoms with Crippen molar-refractivity contribution in [2.45, 2.75) is 46.5 Å². The summed E-state index contributed by atoms with van der Waals surface area (Å²) in [6.45, 7) is 16.6. The Hall–Kier alpha value is -1.81. The SMILES string of the molecule is CC(=O)CC(C)=O.CC(C)(C)c1ccncc1.CN1CCN(C)CCN(C)CC1.O=[N+]([O-])[O-].[Ru+3]. The predicted molar refractivity (Wildman–Crippen MR) is 132 cm³/mol. The van der Waals surface area contributed by atoms with E-state index in [9.17, 15) is 9.59 Å². The summed E-state index contributed by atoms with van der Waals surface area (Å²) in [6, 6.07) is 4.11. The van der Waals surface area contributed by atoms with Crippen molar-refractivity contribution in [2.24, 2.45) is 0 Å². The fourth-order valence-corrected chi connectivity index (χ4v) is 2.56. The molecule has 34 heavy (non-hydrogen) atoms. The molecule has 1 fully saturated rings. The number of nitrogens with zero attached hydrogens (tertiary/aromatic N) is 5. The molecule has 0 amide bonds. The van der Waals surface area contributed by atoms with E-state index in [4.69, 9.17) is 15.3 Å². The average molecular weight is 570 g/mol. The van der Waals surface area contributed by atoms with Gasteiger partial charge in [0, 0.05) is 51.7 Å². The van der Waals surface area contributed by atoms with Crippen LogP contribution in [0.25, 0.3) is 0 Å². The fraction of sp³-hybridized carbons (Fsp3) is 0.696. The molecule has 0 aliphatic carbocycles. The number of hydrogen-bond donors (Lipinski definition) is 0. The van der Waals surface area contributed by atoms with Gasteiger partial charge in [-0.2, -0.15) is 0 Å². The molecule has 11 heteroatoms. The Morgan fingerprint density at radius 2 is 1.12 bits per heavy atom. The Kier molecular flexibility index (Phi) is 22.2. The first-order valence-corrected chi connectivity index (χ1v) is 10.9. The number of Topliss-reactive ketones (excluding diaryl/α,β-unsaturated/α-hetero) is 2. The van der Waals surface area contributed by atoms with Gasteiger partial charge >= 0.3 is 19.5 Å². The number of rotatable bonds is 2. The minimum atomic E-state index is -1.75. The molecule has 2 heterocycles. The quantitative estimate of drug-likeness (QED) is 0.229. The van der Waals surface area contributed by atoms with E-state index in [2.05, 4.69) is 73.7 Å². The first kappa shape index (κ1) is 36.8. The molecular weight excluding hydrogens is 527 g/mol. The van der Waals surface area contributed by atoms with E-state index in [0.717, 1.165) is 0 Å². The Morgan fingerprint density at radius 1 is 0.853 bits per heavy atom. The zero-order valence-electron chi connectivity index (χ0n) is 21.9. The van der Waals surface area contributed by atoms with Crippen LogP contribution in [0.1, 0.15) is 46.6 Å². The van der Waals surface area contributed by atoms with Crippen LogP contribution in [0.5, 0.6) is 0 Å². The molecule has 1 aliphatic rings. The van der Waals surface area contributed by atoms with E-state index >= 15 is 0 Å². The number of hydrogen-bond acceptors (Lipinski definition) is 9. The maximum absolute atomic E-state index is 10.0. The predicted octanol–water partition coefficient (Wildman–Crippen LogP) is 2.49. The molecule has 195 valence electrons. The van der Waals surface area contributed by atoms with Crippen molar-refractivity contribution in [3.8, 4) is 0 Å². The van der Waals surface area contributed by atoms with Crippen LogP contribution in [0, 0.1) is 15.3 Å². The van der Waals surface area contributed by atoms with E-state index in [1.54, 1.807) is 0 Å². The van der Waals surface area contributed by atoms with Crippen molar-refractivity contribution in [1.29, 1.82) is 0 Å². The second-order valence-corrected chi connectivity index (χ2v) is 9.20. The first-order chi connectivity index (χ1) is 15.1. The van der Waals surface area contributed by atoms with Gasteiger partial charge in [0.1, 0.15) is 11.6 Å². The van der Waals surface area contributed by atoms with E-state index in [1.165, 1.54) is 58.7 Å². The third-order valence-corrected chi connectivity index (χ3v) is 4.63. The van der Waals surface area contributed by atoms with E-state index in [-0.39, 0.29) is 42.9 Å². The number of aromatic nitrogens is 1. The zero-order valence-corrected chi connectivity index (χ0v) is 23.6. The minimum Gasteiger partial charge on any atom is -0.356 e. The normalized spacial score (nSPS) is 15.1. The molecule has 2 rings (SSSR count). The molecule has 10 nitrogen and oxygen atoms in total. The maximum atomic E-state index is 10.0. The van der Waals surface area contributed by atoms with Gasteiger partial charge in [0.2, 0.25) is 0 Å². The van der Waals surface area contributed by atoms with Gasteiger partial charge in [-0.3, -0.25) is 14.6 Å². The molecule has 0 N–H and O–H groups in total. The van der Waals surface area contributed by atoms with Crippen LogP contribution in [-0.4, -0.2) is 96.7 Å². The van der Waals surface area contributed by atoms with Crippen molar-refractivity contribution in [3.63, 3.8) is 0 Å². The Labute approximate surface area is 217 Å². The monoisotopic (exact) mass is 570 g/mol. The second-order valence-electron chi connectivity index (χ2n) is 9.20. The van der Waals surface area contributed by atoms with Gasteiger partial charge in [-0.1, -0.05) is 20.8 Å². The van der Waals surface area contributed by atoms with Gasteiger partial charge in [-0.15, -0.1) is 0 Å². The summed E-state index contributed by atoms with van der Waals surface area (Å²) in [6.07, 6.45) is 3.75. The molecule has 0 atom stereocenters. The molecule has 1 saturated heterocycles. The average Bonchev–Trinajstić information content (AvgIpc) is 2.75. The summed E-state index contributed by atoms with van der Waals surface area (Å²) in [5.41, 5.74) is 1.59. The number of carbonyl (C=O) groups excluding carboxylic acids is 2. The van der Waals surface area contributed by atoms with Crippen molar-refractivity contribution in [2.75, 3.05) is 60.4 Å². The molecule has 0 spiro atoms. The number of carbonyl (C=O) groups is 2. The molecule has 0 saturated carbocycles. The van der Waals surface area contributed by atoms with E-state index in [0.29, 0.717) is 0 Å². The molecular formula is C23H42N5O5Ru+2. The minimum absolute atomic E-state index is 0. The van der Waals surface area contributed by atoms with Crippen LogP contribution in [0.2, 0.25) is 0 Å². The van der Waals surface area contributed by atoms with Crippen molar-refractivity contribution in [3.05, 3.63) is 45.4 Å². The van der Waals surface area contributed by atoms with Crippen LogP contribution in [0.15, 0.2) is 24.5 Å². The van der Waals surface area contributed by atoms with Crippen molar-refractivity contribution >= 4 is 11.6 Å². The molecule has 0 unspecified atom stereocenters. The molecule has 1 aromatic rings. The Morgan fingerprint density at radius 3 is 1.26 bits per heavy atom. The molecule has 1 radical (unpaired) electrons. The third kappa shape index (κ3) is 26.4. The molecule has 1 aliphatic heterocycles. The summed E-state index contributed by atoms with van der Waals surface area (Å²) in [4.78, 5) is 39.5. The molecule has 0 aromatic carbocycles. The van der Waals surface area contributed by atoms with Crippen molar-refractivity contribution < 1.29 is 34.2 Å². The zero-order chi connectivity index (χ0) is 26.0. The first-order valence-electron chi connectivity index (χ1n) is 10.9. The van der Waals surface area contributed by atoms with Crippen LogP contribution >= 0.6 is 0 Å². The van der Waals surface area contributed by atoms with Gasteiger partial charge < -0.3 is 30.0 Å². The Bertz CT molecular complexity index is 634. The summed E-state index contributed by atoms with van der Waals surface area (Å²) in [5.74, 6) is -0.125. The Balaban J connectivity index is -0.000000398. The maximum Gasteiger partial charge on any atom is 3.00 e. The van der Waals surface area contributed by atoms with Crippen LogP contribution in [0.3, 0.4) is 0 Å². The molecule has 0 bridgehead atoms. The summed E-state index contributed by atoms with van der Waals surface area (Å²) in [5, 5.41) is 14.8. The van der Waals surface area contributed by atoms with Gasteiger partial charge in [0.25, 0.3) is 0 Å². The number of ketones is 2. The summed E-state index contributed by atoms with van der Waals surface area (Å²) in [7, 11) is 6.60. The summed E-state index contributed by atoms with van der Waals surface area (Å²) >= 11 is 0. The molecule has 1 aromatic heterocycles. The number of likely N-dealkylation sites (N-methyl/N-ethyl adjacent to an activating group) is 3. The fourth-order valence-electron chi connectivity index (χ4n) is 2.56. The van der Waals surface area contributed by atoms with Gasteiger partial charge in [-0.25, -0.2) is 0 Å². The number of pyridine rings is 1. The standard InChI is InChI=1S/C9H21N3.C9H13N.C5H8O2.NO3.Ru/c1-10-4-6-11(2)8-9-12(3)7-5-10;1-9(2,3)8-4-6-10-7-5-8;1-4(6)3-5(2)7;2-1(3)4;/h4-9H2,1-3H3;4-7H,1-3H3;3H2,1-2H3;;/q;;;-1;+3. The van der Waals surface area contributed by atoms with E-state index in [1.807, 2.05) is 12.4 Å². The van der Waals surface area contributed by atoms with Gasteiger partial charge in [0.05, 0.1) is 11.5 Å². The largest absolute Gasteiger partial charge is 3.00 e. The van der Waals surface area contributed by atoms with Crippen LogP contribution in [0.4, 0.5) is 0 Å². The van der Waals surface area contributed by atoms with Crippen LogP contribution < -0.4 is 0 Å². The third-order valence-electron chi connectivity index (χ3n) is 4.63. The van der Waals surface area contributed by atoms with Gasteiger partial charge in [-0.05, 0) is 58.1 Å². The topological polar surface area (TPSA) is 123 Å². The van der Waals surface area contributed by atoms with Crippen molar-refractivity contribution in [1.82, 2.24) is 19.7 Å². The smallest absolute Gasteiger partial charge is 0.356 e.